The maximum atomic E-state index is 12.4. The number of H-pyrrole nitrogens is 1. The molecule has 180 valence electrons. The minimum Gasteiger partial charge on any atom is -0.398 e. The molecule has 1 aliphatic rings. The first-order valence-corrected chi connectivity index (χ1v) is 11.2. The lowest BCUT2D eigenvalue weighted by atomic mass is 10.0. The van der Waals surface area contributed by atoms with Gasteiger partial charge in [-0.05, 0) is 36.4 Å². The maximum absolute atomic E-state index is 12.4. The predicted octanol–water partition coefficient (Wildman–Crippen LogP) is 6.49. The summed E-state index contributed by atoms with van der Waals surface area (Å²) in [6, 6.07) is 8.55. The molecule has 0 aliphatic heterocycles. The number of carbonyl (C=O) groups is 1. The van der Waals surface area contributed by atoms with Crippen molar-refractivity contribution in [1.82, 2.24) is 15.0 Å². The van der Waals surface area contributed by atoms with Crippen LogP contribution < -0.4 is 11.5 Å². The van der Waals surface area contributed by atoms with E-state index in [2.05, 4.69) is 15.0 Å². The van der Waals surface area contributed by atoms with Gasteiger partial charge in [-0.2, -0.15) is 13.2 Å². The van der Waals surface area contributed by atoms with Gasteiger partial charge in [0.05, 0.1) is 11.1 Å². The number of anilines is 1. The molecular weight excluding hydrogens is 467 g/mol. The van der Waals surface area contributed by atoms with E-state index in [1.165, 1.54) is 56.7 Å². The molecule has 5 N–H and O–H groups in total. The fraction of sp³-hybridized carbons (Fsp3) is 0.292. The molecule has 1 saturated carbocycles. The molecule has 34 heavy (non-hydrogen) atoms. The minimum atomic E-state index is -4.50. The van der Waals surface area contributed by atoms with Gasteiger partial charge < -0.3 is 16.5 Å². The van der Waals surface area contributed by atoms with Gasteiger partial charge in [0, 0.05) is 33.9 Å². The molecular formula is C24H25ClF3N5O. The molecule has 1 amide bonds. The van der Waals surface area contributed by atoms with Crippen LogP contribution in [0.3, 0.4) is 0 Å². The second-order valence-corrected chi connectivity index (χ2v) is 8.28. The SMILES string of the molecule is C1CCCCC1.NC(=O)c1ccnc2[nH]ccc12.Nc1cc(C(F)(F)F)nc2ccc(Cl)cc12. The van der Waals surface area contributed by atoms with Crippen molar-refractivity contribution in [2.24, 2.45) is 5.73 Å². The smallest absolute Gasteiger partial charge is 0.398 e. The van der Waals surface area contributed by atoms with Crippen molar-refractivity contribution in [2.45, 2.75) is 44.7 Å². The van der Waals surface area contributed by atoms with E-state index in [1.54, 1.807) is 24.5 Å². The number of rotatable bonds is 1. The van der Waals surface area contributed by atoms with Crippen molar-refractivity contribution in [3.8, 4) is 0 Å². The summed E-state index contributed by atoms with van der Waals surface area (Å²) in [7, 11) is 0. The van der Waals surface area contributed by atoms with Gasteiger partial charge in [-0.15, -0.1) is 0 Å². The van der Waals surface area contributed by atoms with E-state index in [4.69, 9.17) is 23.1 Å². The number of pyridine rings is 2. The van der Waals surface area contributed by atoms with Crippen LogP contribution in [0.25, 0.3) is 21.9 Å². The Balaban J connectivity index is 0.000000157. The highest BCUT2D eigenvalue weighted by molar-refractivity contribution is 6.31. The monoisotopic (exact) mass is 491 g/mol. The second kappa shape index (κ2) is 11.2. The fourth-order valence-electron chi connectivity index (χ4n) is 3.61. The van der Waals surface area contributed by atoms with Crippen LogP contribution in [0.4, 0.5) is 18.9 Å². The maximum Gasteiger partial charge on any atom is 0.433 e. The van der Waals surface area contributed by atoms with Gasteiger partial charge in [0.15, 0.2) is 0 Å². The average Bonchev–Trinajstić information content (AvgIpc) is 3.30. The quantitative estimate of drug-likeness (QED) is 0.282. The van der Waals surface area contributed by atoms with E-state index in [-0.39, 0.29) is 11.2 Å². The molecule has 0 bridgehead atoms. The molecule has 6 nitrogen and oxygen atoms in total. The summed E-state index contributed by atoms with van der Waals surface area (Å²) in [4.78, 5) is 21.3. The number of aromatic amines is 1. The fourth-order valence-corrected chi connectivity index (χ4v) is 3.78. The lowest BCUT2D eigenvalue weighted by Crippen LogP contribution is -2.11. The number of benzene rings is 1. The van der Waals surface area contributed by atoms with Crippen molar-refractivity contribution >= 4 is 45.1 Å². The average molecular weight is 492 g/mol. The highest BCUT2D eigenvalue weighted by atomic mass is 35.5. The summed E-state index contributed by atoms with van der Waals surface area (Å²) < 4.78 is 37.3. The van der Waals surface area contributed by atoms with Gasteiger partial charge in [-0.3, -0.25) is 4.79 Å². The van der Waals surface area contributed by atoms with Crippen molar-refractivity contribution in [3.63, 3.8) is 0 Å². The summed E-state index contributed by atoms with van der Waals surface area (Å²) in [6.07, 6.45) is 7.78. The number of hydrogen-bond acceptors (Lipinski definition) is 4. The number of nitrogens with zero attached hydrogens (tertiary/aromatic N) is 2. The normalized spacial score (nSPS) is 13.5. The molecule has 1 fully saturated rings. The number of primary amides is 1. The zero-order chi connectivity index (χ0) is 24.7. The zero-order valence-corrected chi connectivity index (χ0v) is 19.1. The Labute approximate surface area is 199 Å². The molecule has 3 heterocycles. The number of nitrogens with one attached hydrogen (secondary N) is 1. The third-order valence-corrected chi connectivity index (χ3v) is 5.55. The predicted molar refractivity (Wildman–Crippen MR) is 128 cm³/mol. The van der Waals surface area contributed by atoms with Crippen LogP contribution in [-0.4, -0.2) is 20.9 Å². The van der Waals surface area contributed by atoms with E-state index in [0.717, 1.165) is 11.5 Å². The molecule has 4 aromatic rings. The van der Waals surface area contributed by atoms with Crippen LogP contribution in [0.5, 0.6) is 0 Å². The Morgan fingerprint density at radius 2 is 1.62 bits per heavy atom. The third kappa shape index (κ3) is 6.60. The van der Waals surface area contributed by atoms with E-state index < -0.39 is 17.8 Å². The Morgan fingerprint density at radius 3 is 2.21 bits per heavy atom. The third-order valence-electron chi connectivity index (χ3n) is 5.32. The van der Waals surface area contributed by atoms with E-state index in [1.807, 2.05) is 0 Å². The number of aromatic nitrogens is 3. The first-order valence-electron chi connectivity index (χ1n) is 10.8. The lowest BCUT2D eigenvalue weighted by molar-refractivity contribution is -0.140. The molecule has 0 radical (unpaired) electrons. The molecule has 1 aromatic carbocycles. The zero-order valence-electron chi connectivity index (χ0n) is 18.3. The largest absolute Gasteiger partial charge is 0.433 e. The van der Waals surface area contributed by atoms with Crippen LogP contribution >= 0.6 is 11.6 Å². The summed E-state index contributed by atoms with van der Waals surface area (Å²) in [5, 5.41) is 1.59. The Kier molecular flexibility index (Phi) is 8.33. The molecule has 3 aromatic heterocycles. The van der Waals surface area contributed by atoms with Crippen LogP contribution in [0.2, 0.25) is 5.02 Å². The number of halogens is 4. The number of nitrogens with two attached hydrogens (primary N) is 2. The highest BCUT2D eigenvalue weighted by Crippen LogP contribution is 2.32. The van der Waals surface area contributed by atoms with Crippen LogP contribution in [-0.2, 0) is 6.18 Å². The number of fused-ring (bicyclic) bond motifs is 2. The van der Waals surface area contributed by atoms with Gasteiger partial charge in [-0.1, -0.05) is 50.1 Å². The van der Waals surface area contributed by atoms with Crippen LogP contribution in [0.15, 0.2) is 48.8 Å². The lowest BCUT2D eigenvalue weighted by Gasteiger charge is -2.09. The summed E-state index contributed by atoms with van der Waals surface area (Å²) in [5.41, 5.74) is 11.1. The first-order chi connectivity index (χ1) is 16.2. The Bertz CT molecular complexity index is 1260. The first kappa shape index (κ1) is 25.3. The molecule has 0 unspecified atom stereocenters. The molecule has 0 atom stereocenters. The molecule has 5 rings (SSSR count). The number of hydrogen-bond donors (Lipinski definition) is 3. The topological polar surface area (TPSA) is 111 Å². The number of amides is 1. The molecule has 0 spiro atoms. The van der Waals surface area contributed by atoms with Crippen molar-refractivity contribution in [3.05, 3.63) is 65.1 Å². The van der Waals surface area contributed by atoms with Crippen molar-refractivity contribution in [1.29, 1.82) is 0 Å². The molecule has 1 aliphatic carbocycles. The van der Waals surface area contributed by atoms with Gasteiger partial charge in [0.2, 0.25) is 5.91 Å². The van der Waals surface area contributed by atoms with Gasteiger partial charge in [0.1, 0.15) is 11.3 Å². The Hall–Kier alpha value is -3.33. The number of alkyl halides is 3. The number of carbonyl (C=O) groups excluding carboxylic acids is 1. The van der Waals surface area contributed by atoms with Gasteiger partial charge in [0.25, 0.3) is 0 Å². The van der Waals surface area contributed by atoms with Crippen LogP contribution in [0, 0.1) is 0 Å². The molecule has 0 saturated heterocycles. The van der Waals surface area contributed by atoms with Gasteiger partial charge in [-0.25, -0.2) is 9.97 Å². The molecule has 10 heteroatoms. The van der Waals surface area contributed by atoms with Crippen molar-refractivity contribution in [2.75, 3.05) is 5.73 Å². The summed E-state index contributed by atoms with van der Waals surface area (Å²) in [5.74, 6) is -0.429. The Morgan fingerprint density at radius 1 is 0.971 bits per heavy atom. The van der Waals surface area contributed by atoms with E-state index in [0.29, 0.717) is 21.6 Å². The van der Waals surface area contributed by atoms with E-state index >= 15 is 0 Å². The van der Waals surface area contributed by atoms with Gasteiger partial charge >= 0.3 is 6.18 Å². The summed E-state index contributed by atoms with van der Waals surface area (Å²) >= 11 is 5.71. The van der Waals surface area contributed by atoms with Crippen molar-refractivity contribution < 1.29 is 18.0 Å². The standard InChI is InChI=1S/C10H6ClF3N2.C8H7N3O.C6H12/c11-5-1-2-8-6(3-5)7(15)4-9(16-8)10(12,13)14;9-7(12)5-1-3-10-8-6(5)2-4-11-8;1-2-4-6-5-3-1/h1-4H,(H2,15,16);1-4H,(H2,9,12)(H,10,11);1-6H2. The second-order valence-electron chi connectivity index (χ2n) is 7.84. The summed E-state index contributed by atoms with van der Waals surface area (Å²) in [6.45, 7) is 0. The minimum absolute atomic E-state index is 0.0137. The number of nitrogen functional groups attached to an aromatic ring is 1. The van der Waals surface area contributed by atoms with E-state index in [9.17, 15) is 18.0 Å². The van der Waals surface area contributed by atoms with Crippen LogP contribution in [0.1, 0.15) is 54.6 Å². The highest BCUT2D eigenvalue weighted by Gasteiger charge is 2.33.